The Morgan fingerprint density at radius 1 is 1.37 bits per heavy atom. The molecule has 1 saturated heterocycles. The summed E-state index contributed by atoms with van der Waals surface area (Å²) in [7, 11) is -4.46. The van der Waals surface area contributed by atoms with Crippen molar-refractivity contribution in [3.63, 3.8) is 0 Å². The average Bonchev–Trinajstić information content (AvgIpc) is 2.27. The molecule has 0 bridgehead atoms. The largest absolute Gasteiger partial charge is 0.388 e. The molecule has 1 aliphatic rings. The molecule has 1 fully saturated rings. The van der Waals surface area contributed by atoms with E-state index in [0.717, 1.165) is 0 Å². The monoisotopic (exact) mass is 299 g/mol. The second-order valence-corrected chi connectivity index (χ2v) is 5.57. The highest BCUT2D eigenvalue weighted by Crippen LogP contribution is 2.33. The predicted octanol–water partition coefficient (Wildman–Crippen LogP) is -2.70. The molecular weight excluding hydrogens is 282 g/mol. The number of aliphatic hydroxyl groups excluding tert-OH is 3. The topological polar surface area (TPSA) is 160 Å². The van der Waals surface area contributed by atoms with Crippen LogP contribution < -0.4 is 5.14 Å². The maximum atomic E-state index is 10.9. The number of aliphatic hydroxyl groups is 4. The zero-order chi connectivity index (χ0) is 15.0. The van der Waals surface area contributed by atoms with E-state index in [1.807, 2.05) is 0 Å². The molecule has 6 N–H and O–H groups in total. The lowest BCUT2D eigenvalue weighted by Crippen LogP contribution is -2.62. The summed E-state index contributed by atoms with van der Waals surface area (Å²) in [5, 5.41) is 43.4. The molecule has 0 aromatic rings. The van der Waals surface area contributed by atoms with Gasteiger partial charge in [0.2, 0.25) is 0 Å². The van der Waals surface area contributed by atoms with E-state index < -0.39 is 46.8 Å². The van der Waals surface area contributed by atoms with E-state index in [9.17, 15) is 28.8 Å². The van der Waals surface area contributed by atoms with E-state index in [-0.39, 0.29) is 5.57 Å². The van der Waals surface area contributed by atoms with Crippen molar-refractivity contribution in [3.8, 4) is 0 Å². The van der Waals surface area contributed by atoms with Gasteiger partial charge in [-0.25, -0.2) is 0 Å². The Balaban J connectivity index is 3.19. The average molecular weight is 299 g/mol. The van der Waals surface area contributed by atoms with Gasteiger partial charge < -0.3 is 29.3 Å². The zero-order valence-electron chi connectivity index (χ0n) is 10.3. The van der Waals surface area contributed by atoms with Gasteiger partial charge in [-0.3, -0.25) is 0 Å². The van der Waals surface area contributed by atoms with E-state index in [2.05, 4.69) is 4.18 Å². The minimum absolute atomic E-state index is 0.152. The van der Waals surface area contributed by atoms with E-state index in [1.165, 1.54) is 13.8 Å². The Hall–Kier alpha value is -0.750. The summed E-state index contributed by atoms with van der Waals surface area (Å²) in [5.41, 5.74) is 0.152. The summed E-state index contributed by atoms with van der Waals surface area (Å²) in [6, 6.07) is 0. The van der Waals surface area contributed by atoms with Crippen molar-refractivity contribution in [1.82, 2.24) is 0 Å². The van der Waals surface area contributed by atoms with Gasteiger partial charge in [-0.05, 0) is 19.4 Å². The first-order valence-corrected chi connectivity index (χ1v) is 6.77. The molecule has 0 aromatic heterocycles. The summed E-state index contributed by atoms with van der Waals surface area (Å²) in [6.45, 7) is 2.23. The zero-order valence-corrected chi connectivity index (χ0v) is 11.2. The maximum absolute atomic E-state index is 10.9. The van der Waals surface area contributed by atoms with Gasteiger partial charge in [0.15, 0.2) is 5.76 Å². The van der Waals surface area contributed by atoms with E-state index in [0.29, 0.717) is 0 Å². The van der Waals surface area contributed by atoms with Crippen LogP contribution in [0.5, 0.6) is 0 Å². The van der Waals surface area contributed by atoms with Crippen molar-refractivity contribution in [1.29, 1.82) is 0 Å². The lowest BCUT2D eigenvalue weighted by Gasteiger charge is -2.42. The standard InChI is InChI=1S/C9H17NO8S/c1-4(2)8(18-19(10,15)16)9(14)7(13)6(12)5(11)3-17-9/h5-7,11-14H,3H2,1-2H3,(H2,10,15,16)/t5-,6-,7+,9+/m1/s1. The third-order valence-electron chi connectivity index (χ3n) is 2.57. The quantitative estimate of drug-likeness (QED) is 0.352. The van der Waals surface area contributed by atoms with Crippen LogP contribution in [-0.2, 0) is 19.2 Å². The fourth-order valence-electron chi connectivity index (χ4n) is 1.66. The Morgan fingerprint density at radius 3 is 2.32 bits per heavy atom. The highest BCUT2D eigenvalue weighted by molar-refractivity contribution is 7.84. The molecule has 0 spiro atoms. The molecule has 0 saturated carbocycles. The predicted molar refractivity (Wildman–Crippen MR) is 61.5 cm³/mol. The maximum Gasteiger partial charge on any atom is 0.379 e. The molecule has 4 atom stereocenters. The minimum Gasteiger partial charge on any atom is -0.388 e. The summed E-state index contributed by atoms with van der Waals surface area (Å²) >= 11 is 0. The Morgan fingerprint density at radius 2 is 1.89 bits per heavy atom. The SMILES string of the molecule is CC(C)=C(OS(N)(=O)=O)[C@@]1(O)OC[C@@H](O)[C@@H](O)[C@@H]1O. The Bertz CT molecular complexity index is 471. The molecule has 0 aliphatic carbocycles. The van der Waals surface area contributed by atoms with Gasteiger partial charge in [-0.1, -0.05) is 0 Å². The molecule has 0 radical (unpaired) electrons. The van der Waals surface area contributed by atoms with Crippen molar-refractivity contribution in [2.45, 2.75) is 37.9 Å². The normalized spacial score (nSPS) is 35.8. The van der Waals surface area contributed by atoms with Crippen LogP contribution in [0.15, 0.2) is 11.3 Å². The molecule has 10 heteroatoms. The fraction of sp³-hybridized carbons (Fsp3) is 0.778. The van der Waals surface area contributed by atoms with Crippen LogP contribution in [0.1, 0.15) is 13.8 Å². The van der Waals surface area contributed by atoms with Gasteiger partial charge in [0, 0.05) is 0 Å². The molecule has 1 heterocycles. The van der Waals surface area contributed by atoms with Gasteiger partial charge in [0.05, 0.1) is 6.61 Å². The molecule has 0 unspecified atom stereocenters. The molecule has 1 rings (SSSR count). The smallest absolute Gasteiger partial charge is 0.379 e. The van der Waals surface area contributed by atoms with Crippen LogP contribution in [0.25, 0.3) is 0 Å². The summed E-state index contributed by atoms with van der Waals surface area (Å²) < 4.78 is 31.1. The highest BCUT2D eigenvalue weighted by atomic mass is 32.2. The number of nitrogens with two attached hydrogens (primary N) is 1. The second-order valence-electron chi connectivity index (χ2n) is 4.42. The van der Waals surface area contributed by atoms with E-state index in [1.54, 1.807) is 0 Å². The molecular formula is C9H17NO8S. The van der Waals surface area contributed by atoms with Crippen molar-refractivity contribution < 1.29 is 37.8 Å². The Kier molecular flexibility index (Phi) is 4.57. The van der Waals surface area contributed by atoms with Crippen molar-refractivity contribution in [3.05, 3.63) is 11.3 Å². The number of allylic oxidation sites excluding steroid dienone is 1. The van der Waals surface area contributed by atoms with Gasteiger partial charge in [0.1, 0.15) is 18.3 Å². The van der Waals surface area contributed by atoms with E-state index >= 15 is 0 Å². The van der Waals surface area contributed by atoms with Gasteiger partial charge in [-0.2, -0.15) is 13.6 Å². The molecule has 0 aromatic carbocycles. The first-order chi connectivity index (χ1) is 8.49. The molecule has 9 nitrogen and oxygen atoms in total. The number of ether oxygens (including phenoxy) is 1. The van der Waals surface area contributed by atoms with Crippen molar-refractivity contribution in [2.24, 2.45) is 5.14 Å². The lowest BCUT2D eigenvalue weighted by molar-refractivity contribution is -0.311. The van der Waals surface area contributed by atoms with Gasteiger partial charge >= 0.3 is 10.3 Å². The second kappa shape index (κ2) is 5.32. The van der Waals surface area contributed by atoms with Crippen molar-refractivity contribution in [2.75, 3.05) is 6.61 Å². The van der Waals surface area contributed by atoms with Crippen LogP contribution >= 0.6 is 0 Å². The molecule has 19 heavy (non-hydrogen) atoms. The minimum atomic E-state index is -4.46. The first kappa shape index (κ1) is 16.3. The lowest BCUT2D eigenvalue weighted by atomic mass is 9.94. The summed E-state index contributed by atoms with van der Waals surface area (Å²) in [6.07, 6.45) is -5.18. The van der Waals surface area contributed by atoms with Crippen LogP contribution in [0.3, 0.4) is 0 Å². The molecule has 0 amide bonds. The van der Waals surface area contributed by atoms with E-state index in [4.69, 9.17) is 9.88 Å². The highest BCUT2D eigenvalue weighted by Gasteiger charge is 2.53. The third kappa shape index (κ3) is 3.42. The molecule has 1 aliphatic heterocycles. The Labute approximate surface area is 110 Å². The van der Waals surface area contributed by atoms with Crippen LogP contribution in [0.2, 0.25) is 0 Å². The van der Waals surface area contributed by atoms with Crippen LogP contribution in [0, 0.1) is 0 Å². The van der Waals surface area contributed by atoms with Crippen LogP contribution in [0.4, 0.5) is 0 Å². The number of hydrogen-bond donors (Lipinski definition) is 5. The van der Waals surface area contributed by atoms with Gasteiger partial charge in [-0.15, -0.1) is 0 Å². The summed E-state index contributed by atoms with van der Waals surface area (Å²) in [5.74, 6) is -3.28. The van der Waals surface area contributed by atoms with Crippen molar-refractivity contribution >= 4 is 10.3 Å². The third-order valence-corrected chi connectivity index (χ3v) is 2.97. The summed E-state index contributed by atoms with van der Waals surface area (Å²) in [4.78, 5) is 0. The number of rotatable bonds is 3. The molecule has 112 valence electrons. The number of hydrogen-bond acceptors (Lipinski definition) is 8. The fourth-order valence-corrected chi connectivity index (χ4v) is 2.17. The van der Waals surface area contributed by atoms with Gasteiger partial charge in [0.25, 0.3) is 5.79 Å². The first-order valence-electron chi connectivity index (χ1n) is 5.29. The van der Waals surface area contributed by atoms with Crippen LogP contribution in [-0.4, -0.2) is 59.5 Å².